The summed E-state index contributed by atoms with van der Waals surface area (Å²) in [6.07, 6.45) is 2.06. The predicted octanol–water partition coefficient (Wildman–Crippen LogP) is 3.23. The number of anilines is 2. The summed E-state index contributed by atoms with van der Waals surface area (Å²) in [5, 5.41) is 3.50. The molecule has 2 aromatic carbocycles. The maximum atomic E-state index is 11.2. The molecule has 0 saturated carbocycles. The first kappa shape index (κ1) is 13.9. The molecule has 2 aromatic rings. The molecule has 0 saturated heterocycles. The van der Waals surface area contributed by atoms with Crippen molar-refractivity contribution in [3.05, 3.63) is 57.6 Å². The number of hydrogen-bond donors (Lipinski definition) is 3. The molecule has 0 aromatic heterocycles. The van der Waals surface area contributed by atoms with Gasteiger partial charge in [0, 0.05) is 15.8 Å². The second-order valence-electron chi connectivity index (χ2n) is 5.25. The van der Waals surface area contributed by atoms with Gasteiger partial charge in [-0.15, -0.1) is 0 Å². The fraction of sp³-hybridized carbons (Fsp3) is 0.188. The zero-order valence-electron chi connectivity index (χ0n) is 11.4. The van der Waals surface area contributed by atoms with Gasteiger partial charge in [0.2, 0.25) is 5.91 Å². The average molecular weight is 346 g/mol. The van der Waals surface area contributed by atoms with E-state index in [0.29, 0.717) is 10.0 Å². The SMILES string of the molecule is NC(=O)c1ccc(NC2CCc3cc(N)ccc32)cc1Br. The monoisotopic (exact) mass is 345 g/mol. The van der Waals surface area contributed by atoms with Gasteiger partial charge in [-0.1, -0.05) is 6.07 Å². The molecular formula is C16H16BrN3O. The molecule has 1 atom stereocenters. The van der Waals surface area contributed by atoms with Crippen LogP contribution in [0.4, 0.5) is 11.4 Å². The number of primary amides is 1. The second kappa shape index (κ2) is 5.41. The Labute approximate surface area is 131 Å². The van der Waals surface area contributed by atoms with Crippen LogP contribution in [0, 0.1) is 0 Å². The van der Waals surface area contributed by atoms with E-state index in [1.807, 2.05) is 24.3 Å². The van der Waals surface area contributed by atoms with Crippen molar-refractivity contribution in [2.75, 3.05) is 11.1 Å². The highest BCUT2D eigenvalue weighted by atomic mass is 79.9. The lowest BCUT2D eigenvalue weighted by atomic mass is 10.1. The number of amides is 1. The standard InChI is InChI=1S/C16H16BrN3O/c17-14-8-11(3-5-13(14)16(19)21)20-15-6-1-9-7-10(18)2-4-12(9)15/h2-5,7-8,15,20H,1,6,18H2,(H2,19,21). The van der Waals surface area contributed by atoms with E-state index < -0.39 is 5.91 Å². The van der Waals surface area contributed by atoms with Crippen LogP contribution in [0.5, 0.6) is 0 Å². The zero-order valence-corrected chi connectivity index (χ0v) is 13.0. The van der Waals surface area contributed by atoms with E-state index in [0.717, 1.165) is 24.2 Å². The van der Waals surface area contributed by atoms with Crippen LogP contribution in [0.15, 0.2) is 40.9 Å². The van der Waals surface area contributed by atoms with Crippen molar-refractivity contribution in [2.45, 2.75) is 18.9 Å². The molecule has 5 N–H and O–H groups in total. The summed E-state index contributed by atoms with van der Waals surface area (Å²) >= 11 is 3.38. The van der Waals surface area contributed by atoms with Gasteiger partial charge in [-0.25, -0.2) is 0 Å². The van der Waals surface area contributed by atoms with Gasteiger partial charge in [0.1, 0.15) is 0 Å². The number of fused-ring (bicyclic) bond motifs is 1. The van der Waals surface area contributed by atoms with Crippen LogP contribution in [0.3, 0.4) is 0 Å². The Kier molecular flexibility index (Phi) is 3.59. The molecule has 1 aliphatic rings. The van der Waals surface area contributed by atoms with Gasteiger partial charge in [0.25, 0.3) is 0 Å². The number of halogens is 1. The maximum Gasteiger partial charge on any atom is 0.249 e. The molecule has 0 heterocycles. The minimum Gasteiger partial charge on any atom is -0.399 e. The highest BCUT2D eigenvalue weighted by Gasteiger charge is 2.22. The highest BCUT2D eigenvalue weighted by Crippen LogP contribution is 2.35. The zero-order chi connectivity index (χ0) is 15.0. The number of hydrogen-bond acceptors (Lipinski definition) is 3. The summed E-state index contributed by atoms with van der Waals surface area (Å²) < 4.78 is 0.704. The summed E-state index contributed by atoms with van der Waals surface area (Å²) in [6.45, 7) is 0. The lowest BCUT2D eigenvalue weighted by molar-refractivity contribution is 0.0999. The summed E-state index contributed by atoms with van der Waals surface area (Å²) in [4.78, 5) is 11.2. The van der Waals surface area contributed by atoms with Crippen molar-refractivity contribution < 1.29 is 4.79 Å². The van der Waals surface area contributed by atoms with Gasteiger partial charge in [-0.05, 0) is 70.2 Å². The van der Waals surface area contributed by atoms with E-state index in [9.17, 15) is 4.79 Å². The van der Waals surface area contributed by atoms with Crippen LogP contribution in [0.25, 0.3) is 0 Å². The van der Waals surface area contributed by atoms with Crippen molar-refractivity contribution in [2.24, 2.45) is 5.73 Å². The highest BCUT2D eigenvalue weighted by molar-refractivity contribution is 9.10. The topological polar surface area (TPSA) is 81.1 Å². The molecule has 0 fully saturated rings. The number of carbonyl (C=O) groups is 1. The first-order chi connectivity index (χ1) is 10.0. The number of nitrogens with one attached hydrogen (secondary N) is 1. The van der Waals surface area contributed by atoms with Crippen molar-refractivity contribution in [3.8, 4) is 0 Å². The smallest absolute Gasteiger partial charge is 0.249 e. The Morgan fingerprint density at radius 2 is 2.05 bits per heavy atom. The van der Waals surface area contributed by atoms with E-state index in [-0.39, 0.29) is 6.04 Å². The lowest BCUT2D eigenvalue weighted by Gasteiger charge is -2.16. The Hall–Kier alpha value is -2.01. The van der Waals surface area contributed by atoms with Crippen molar-refractivity contribution in [3.63, 3.8) is 0 Å². The van der Waals surface area contributed by atoms with E-state index >= 15 is 0 Å². The molecule has 5 heteroatoms. The largest absolute Gasteiger partial charge is 0.399 e. The number of rotatable bonds is 3. The maximum absolute atomic E-state index is 11.2. The molecule has 3 rings (SSSR count). The van der Waals surface area contributed by atoms with Crippen LogP contribution >= 0.6 is 15.9 Å². The van der Waals surface area contributed by atoms with Crippen LogP contribution in [0.1, 0.15) is 33.9 Å². The fourth-order valence-electron chi connectivity index (χ4n) is 2.79. The van der Waals surface area contributed by atoms with Crippen LogP contribution in [-0.4, -0.2) is 5.91 Å². The number of aryl methyl sites for hydroxylation is 1. The number of carbonyl (C=O) groups excluding carboxylic acids is 1. The molecule has 1 amide bonds. The van der Waals surface area contributed by atoms with Crippen LogP contribution in [0.2, 0.25) is 0 Å². The molecule has 1 aliphatic carbocycles. The number of nitrogens with two attached hydrogens (primary N) is 2. The van der Waals surface area contributed by atoms with E-state index in [1.165, 1.54) is 11.1 Å². The third kappa shape index (κ3) is 2.74. The number of benzene rings is 2. The normalized spacial score (nSPS) is 16.5. The summed E-state index contributed by atoms with van der Waals surface area (Å²) in [6, 6.07) is 11.8. The minimum absolute atomic E-state index is 0.270. The molecule has 0 spiro atoms. The minimum atomic E-state index is -0.435. The van der Waals surface area contributed by atoms with Crippen LogP contribution in [-0.2, 0) is 6.42 Å². The van der Waals surface area contributed by atoms with Gasteiger partial charge < -0.3 is 16.8 Å². The quantitative estimate of drug-likeness (QED) is 0.747. The summed E-state index contributed by atoms with van der Waals surface area (Å²) in [5.74, 6) is -0.435. The summed E-state index contributed by atoms with van der Waals surface area (Å²) in [7, 11) is 0. The summed E-state index contributed by atoms with van der Waals surface area (Å²) in [5.41, 5.74) is 16.0. The van der Waals surface area contributed by atoms with E-state index in [4.69, 9.17) is 11.5 Å². The molecule has 0 aliphatic heterocycles. The van der Waals surface area contributed by atoms with Crippen molar-refractivity contribution in [1.29, 1.82) is 0 Å². The fourth-order valence-corrected chi connectivity index (χ4v) is 3.37. The Bertz CT molecular complexity index is 715. The second-order valence-corrected chi connectivity index (χ2v) is 6.11. The molecule has 108 valence electrons. The third-order valence-corrected chi connectivity index (χ3v) is 4.48. The van der Waals surface area contributed by atoms with Gasteiger partial charge in [0.15, 0.2) is 0 Å². The molecule has 0 bridgehead atoms. The number of nitrogen functional groups attached to an aromatic ring is 1. The Morgan fingerprint density at radius 3 is 2.76 bits per heavy atom. The van der Waals surface area contributed by atoms with E-state index in [1.54, 1.807) is 6.07 Å². The van der Waals surface area contributed by atoms with Crippen LogP contribution < -0.4 is 16.8 Å². The average Bonchev–Trinajstić information content (AvgIpc) is 2.80. The van der Waals surface area contributed by atoms with E-state index in [2.05, 4.69) is 27.3 Å². The first-order valence-corrected chi connectivity index (χ1v) is 7.58. The third-order valence-electron chi connectivity index (χ3n) is 3.82. The van der Waals surface area contributed by atoms with Gasteiger partial charge >= 0.3 is 0 Å². The van der Waals surface area contributed by atoms with Gasteiger partial charge in [-0.2, -0.15) is 0 Å². The lowest BCUT2D eigenvalue weighted by Crippen LogP contribution is -2.12. The first-order valence-electron chi connectivity index (χ1n) is 6.79. The van der Waals surface area contributed by atoms with Crippen molar-refractivity contribution in [1.82, 2.24) is 0 Å². The van der Waals surface area contributed by atoms with Crippen molar-refractivity contribution >= 4 is 33.2 Å². The molecule has 1 unspecified atom stereocenters. The molecule has 4 nitrogen and oxygen atoms in total. The predicted molar refractivity (Wildman–Crippen MR) is 88.2 cm³/mol. The molecule has 21 heavy (non-hydrogen) atoms. The molecule has 0 radical (unpaired) electrons. The van der Waals surface area contributed by atoms with Gasteiger partial charge in [0.05, 0.1) is 11.6 Å². The molecular weight excluding hydrogens is 330 g/mol. The Morgan fingerprint density at radius 1 is 1.24 bits per heavy atom. The Balaban J connectivity index is 1.83. The van der Waals surface area contributed by atoms with Gasteiger partial charge in [-0.3, -0.25) is 4.79 Å².